The van der Waals surface area contributed by atoms with Gasteiger partial charge in [-0.3, -0.25) is 0 Å². The van der Waals surface area contributed by atoms with E-state index in [9.17, 15) is 12.8 Å². The Hall–Kier alpha value is -2.78. The maximum absolute atomic E-state index is 14.0. The Balaban J connectivity index is 1.53. The van der Waals surface area contributed by atoms with Crippen molar-refractivity contribution >= 4 is 10.0 Å². The topological polar surface area (TPSA) is 85.5 Å². The van der Waals surface area contributed by atoms with Gasteiger partial charge in [-0.2, -0.15) is 4.31 Å². The molecule has 0 amide bonds. The molecule has 1 aromatic heterocycles. The molecular weight excluding hydrogens is 409 g/mol. The maximum Gasteiger partial charge on any atom is 0.250 e. The van der Waals surface area contributed by atoms with Gasteiger partial charge in [0.2, 0.25) is 15.9 Å². The molecule has 1 aliphatic heterocycles. The second kappa shape index (κ2) is 8.53. The molecule has 158 valence electrons. The Bertz CT molecular complexity index is 1120. The number of ether oxygens (including phenoxy) is 1. The average Bonchev–Trinajstić information content (AvgIpc) is 3.25. The molecule has 1 fully saturated rings. The van der Waals surface area contributed by atoms with Crippen LogP contribution >= 0.6 is 0 Å². The van der Waals surface area contributed by atoms with Gasteiger partial charge in [0.05, 0.1) is 23.0 Å². The number of halogens is 1. The first-order valence-corrected chi connectivity index (χ1v) is 11.2. The summed E-state index contributed by atoms with van der Waals surface area (Å²) in [5.74, 6) is 0.342. The van der Waals surface area contributed by atoms with E-state index in [2.05, 4.69) is 10.2 Å². The number of rotatable bonds is 6. The summed E-state index contributed by atoms with van der Waals surface area (Å²) in [5.41, 5.74) is 0.228. The fraction of sp³-hybridized carbons (Fsp3) is 0.333. The quantitative estimate of drug-likeness (QED) is 0.589. The van der Waals surface area contributed by atoms with Gasteiger partial charge >= 0.3 is 0 Å². The molecule has 2 heterocycles. The van der Waals surface area contributed by atoms with E-state index in [0.717, 1.165) is 0 Å². The fourth-order valence-corrected chi connectivity index (χ4v) is 5.05. The van der Waals surface area contributed by atoms with Crippen LogP contribution in [0.1, 0.15) is 31.6 Å². The van der Waals surface area contributed by atoms with Crippen LogP contribution in [0.15, 0.2) is 57.8 Å². The molecule has 0 aliphatic carbocycles. The summed E-state index contributed by atoms with van der Waals surface area (Å²) in [6.45, 7) is 3.03. The number of piperidine rings is 1. The zero-order valence-corrected chi connectivity index (χ0v) is 17.3. The molecule has 0 radical (unpaired) electrons. The summed E-state index contributed by atoms with van der Waals surface area (Å²) in [7, 11) is -3.66. The molecule has 1 atom stereocenters. The third-order valence-electron chi connectivity index (χ3n) is 5.05. The third kappa shape index (κ3) is 4.08. The van der Waals surface area contributed by atoms with E-state index in [1.807, 2.05) is 6.92 Å². The molecule has 0 saturated carbocycles. The summed E-state index contributed by atoms with van der Waals surface area (Å²) < 4.78 is 52.6. The summed E-state index contributed by atoms with van der Waals surface area (Å²) in [5, 5.41) is 8.01. The zero-order valence-electron chi connectivity index (χ0n) is 16.5. The van der Waals surface area contributed by atoms with Crippen LogP contribution in [0, 0.1) is 5.82 Å². The molecule has 0 spiro atoms. The predicted molar refractivity (Wildman–Crippen MR) is 108 cm³/mol. The van der Waals surface area contributed by atoms with Gasteiger partial charge in [0.25, 0.3) is 5.89 Å². The van der Waals surface area contributed by atoms with Gasteiger partial charge in [0, 0.05) is 13.1 Å². The van der Waals surface area contributed by atoms with Crippen molar-refractivity contribution in [1.82, 2.24) is 14.5 Å². The molecule has 30 heavy (non-hydrogen) atoms. The SMILES string of the molecule is CCOc1ccc(S(=O)(=O)N2CCC[C@H](c3nnc(-c4ccccc4F)o3)C2)cc1. The predicted octanol–water partition coefficient (Wildman–Crippen LogP) is 3.84. The van der Waals surface area contributed by atoms with Crippen molar-refractivity contribution in [3.8, 4) is 17.2 Å². The van der Waals surface area contributed by atoms with Crippen molar-refractivity contribution in [3.05, 3.63) is 60.2 Å². The molecule has 2 aromatic carbocycles. The molecule has 7 nitrogen and oxygen atoms in total. The normalized spacial score (nSPS) is 17.7. The van der Waals surface area contributed by atoms with Crippen LogP contribution in [0.2, 0.25) is 0 Å². The second-order valence-electron chi connectivity index (χ2n) is 7.03. The van der Waals surface area contributed by atoms with Crippen molar-refractivity contribution in [2.75, 3.05) is 19.7 Å². The number of aromatic nitrogens is 2. The minimum absolute atomic E-state index is 0.0922. The molecular formula is C21H22FN3O4S. The lowest BCUT2D eigenvalue weighted by molar-refractivity contribution is 0.286. The van der Waals surface area contributed by atoms with E-state index in [1.165, 1.54) is 10.4 Å². The molecule has 0 N–H and O–H groups in total. The van der Waals surface area contributed by atoms with Crippen LogP contribution < -0.4 is 4.74 Å². The first-order chi connectivity index (χ1) is 14.5. The summed E-state index contributed by atoms with van der Waals surface area (Å²) in [4.78, 5) is 0.212. The smallest absolute Gasteiger partial charge is 0.250 e. The first-order valence-electron chi connectivity index (χ1n) is 9.80. The Morgan fingerprint density at radius 1 is 1.17 bits per heavy atom. The molecule has 1 saturated heterocycles. The molecule has 0 unspecified atom stereocenters. The highest BCUT2D eigenvalue weighted by Crippen LogP contribution is 2.32. The summed E-state index contributed by atoms with van der Waals surface area (Å²) in [6.07, 6.45) is 1.38. The zero-order chi connectivity index (χ0) is 21.1. The lowest BCUT2D eigenvalue weighted by Gasteiger charge is -2.30. The van der Waals surface area contributed by atoms with Crippen molar-refractivity contribution < 1.29 is 22.0 Å². The minimum Gasteiger partial charge on any atom is -0.494 e. The number of hydrogen-bond donors (Lipinski definition) is 0. The summed E-state index contributed by atoms with van der Waals surface area (Å²) in [6, 6.07) is 12.6. The summed E-state index contributed by atoms with van der Waals surface area (Å²) >= 11 is 0. The Labute approximate surface area is 174 Å². The van der Waals surface area contributed by atoms with Crippen molar-refractivity contribution in [1.29, 1.82) is 0 Å². The second-order valence-corrected chi connectivity index (χ2v) is 8.97. The van der Waals surface area contributed by atoms with Gasteiger partial charge < -0.3 is 9.15 Å². The molecule has 3 aromatic rings. The van der Waals surface area contributed by atoms with Crippen LogP contribution in [-0.2, 0) is 10.0 Å². The number of hydrogen-bond acceptors (Lipinski definition) is 6. The van der Waals surface area contributed by atoms with Gasteiger partial charge in [0.15, 0.2) is 0 Å². The lowest BCUT2D eigenvalue weighted by atomic mass is 10.00. The molecule has 9 heteroatoms. The number of benzene rings is 2. The molecule has 4 rings (SSSR count). The lowest BCUT2D eigenvalue weighted by Crippen LogP contribution is -2.39. The van der Waals surface area contributed by atoms with Crippen LogP contribution in [0.3, 0.4) is 0 Å². The highest BCUT2D eigenvalue weighted by atomic mass is 32.2. The number of sulfonamides is 1. The maximum atomic E-state index is 14.0. The largest absolute Gasteiger partial charge is 0.494 e. The Kier molecular flexibility index (Phi) is 5.83. The molecule has 1 aliphatic rings. The van der Waals surface area contributed by atoms with E-state index in [4.69, 9.17) is 9.15 Å². The number of nitrogens with zero attached hydrogens (tertiary/aromatic N) is 3. The van der Waals surface area contributed by atoms with Gasteiger partial charge in [-0.25, -0.2) is 12.8 Å². The molecule has 0 bridgehead atoms. The van der Waals surface area contributed by atoms with Gasteiger partial charge in [-0.05, 0) is 56.2 Å². The monoisotopic (exact) mass is 431 g/mol. The van der Waals surface area contributed by atoms with Crippen LogP contribution in [0.5, 0.6) is 5.75 Å². The van der Waals surface area contributed by atoms with E-state index in [1.54, 1.807) is 42.5 Å². The van der Waals surface area contributed by atoms with Gasteiger partial charge in [-0.1, -0.05) is 12.1 Å². The van der Waals surface area contributed by atoms with Gasteiger partial charge in [-0.15, -0.1) is 10.2 Å². The van der Waals surface area contributed by atoms with Crippen LogP contribution in [-0.4, -0.2) is 42.6 Å². The van der Waals surface area contributed by atoms with Crippen LogP contribution in [0.4, 0.5) is 4.39 Å². The van der Waals surface area contributed by atoms with Crippen molar-refractivity contribution in [2.24, 2.45) is 0 Å². The highest BCUT2D eigenvalue weighted by Gasteiger charge is 2.33. The van der Waals surface area contributed by atoms with E-state index < -0.39 is 15.8 Å². The Morgan fingerprint density at radius 3 is 2.67 bits per heavy atom. The van der Waals surface area contributed by atoms with Crippen molar-refractivity contribution in [3.63, 3.8) is 0 Å². The Morgan fingerprint density at radius 2 is 1.93 bits per heavy atom. The minimum atomic E-state index is -3.66. The highest BCUT2D eigenvalue weighted by molar-refractivity contribution is 7.89. The van der Waals surface area contributed by atoms with E-state index in [-0.39, 0.29) is 28.8 Å². The van der Waals surface area contributed by atoms with Gasteiger partial charge in [0.1, 0.15) is 11.6 Å². The standard InChI is InChI=1S/C21H22FN3O4S/c1-2-28-16-9-11-17(12-10-16)30(26,27)25-13-5-6-15(14-25)20-23-24-21(29-20)18-7-3-4-8-19(18)22/h3-4,7-12,15H,2,5-6,13-14H2,1H3/t15-/m0/s1. The third-order valence-corrected chi connectivity index (χ3v) is 6.93. The fourth-order valence-electron chi connectivity index (χ4n) is 3.53. The van der Waals surface area contributed by atoms with Crippen LogP contribution in [0.25, 0.3) is 11.5 Å². The first kappa shape index (κ1) is 20.5. The average molecular weight is 431 g/mol. The van der Waals surface area contributed by atoms with E-state index in [0.29, 0.717) is 37.6 Å². The van der Waals surface area contributed by atoms with E-state index >= 15 is 0 Å². The van der Waals surface area contributed by atoms with Crippen molar-refractivity contribution in [2.45, 2.75) is 30.6 Å².